The fourth-order valence-corrected chi connectivity index (χ4v) is 3.75. The summed E-state index contributed by atoms with van der Waals surface area (Å²) in [5.74, 6) is 5.01. The van der Waals surface area contributed by atoms with Crippen LogP contribution in [0.25, 0.3) is 0 Å². The van der Waals surface area contributed by atoms with Crippen molar-refractivity contribution in [2.24, 2.45) is 11.3 Å². The molecule has 0 bridgehead atoms. The lowest BCUT2D eigenvalue weighted by atomic mass is 9.77. The molecule has 0 radical (unpaired) electrons. The zero-order valence-electron chi connectivity index (χ0n) is 12.1. The molecule has 19 heavy (non-hydrogen) atoms. The highest BCUT2D eigenvalue weighted by atomic mass is 16.2. The van der Waals surface area contributed by atoms with Crippen LogP contribution in [0, 0.1) is 5.41 Å². The summed E-state index contributed by atoms with van der Waals surface area (Å²) >= 11 is 0. The standard InChI is InChI=1S/C15H29N3O/c16-17-14(19)6-2-1-5-11-18-12-9-15(10-13-18)7-3-4-8-15/h1-13,16H2,(H,17,19). The van der Waals surface area contributed by atoms with Gasteiger partial charge in [0.2, 0.25) is 5.91 Å². The summed E-state index contributed by atoms with van der Waals surface area (Å²) in [6, 6.07) is 0. The molecule has 1 aliphatic carbocycles. The van der Waals surface area contributed by atoms with Gasteiger partial charge in [-0.05, 0) is 63.6 Å². The number of unbranched alkanes of at least 4 members (excludes halogenated alkanes) is 2. The number of likely N-dealkylation sites (tertiary alicyclic amines) is 1. The van der Waals surface area contributed by atoms with Crippen molar-refractivity contribution in [3.63, 3.8) is 0 Å². The molecule has 2 rings (SSSR count). The molecule has 3 N–H and O–H groups in total. The molecule has 1 aliphatic heterocycles. The number of hydrogen-bond donors (Lipinski definition) is 2. The van der Waals surface area contributed by atoms with Gasteiger partial charge in [-0.2, -0.15) is 0 Å². The van der Waals surface area contributed by atoms with Crippen LogP contribution in [-0.2, 0) is 4.79 Å². The molecule has 1 saturated heterocycles. The van der Waals surface area contributed by atoms with Gasteiger partial charge in [0.15, 0.2) is 0 Å². The van der Waals surface area contributed by atoms with E-state index in [1.54, 1.807) is 0 Å². The van der Waals surface area contributed by atoms with Crippen LogP contribution in [0.4, 0.5) is 0 Å². The Bertz CT molecular complexity index is 277. The van der Waals surface area contributed by atoms with E-state index in [2.05, 4.69) is 10.3 Å². The molecule has 1 heterocycles. The first kappa shape index (κ1) is 14.8. The molecule has 1 amide bonds. The Hall–Kier alpha value is -0.610. The molecule has 2 aliphatic rings. The van der Waals surface area contributed by atoms with Gasteiger partial charge in [0, 0.05) is 6.42 Å². The van der Waals surface area contributed by atoms with Crippen molar-refractivity contribution in [3.05, 3.63) is 0 Å². The number of piperidine rings is 1. The fourth-order valence-electron chi connectivity index (χ4n) is 3.75. The van der Waals surface area contributed by atoms with Gasteiger partial charge in [-0.15, -0.1) is 0 Å². The third-order valence-corrected chi connectivity index (χ3v) is 5.12. The molecule has 4 heteroatoms. The largest absolute Gasteiger partial charge is 0.303 e. The summed E-state index contributed by atoms with van der Waals surface area (Å²) < 4.78 is 0. The molecular weight excluding hydrogens is 238 g/mol. The third kappa shape index (κ3) is 4.46. The van der Waals surface area contributed by atoms with Gasteiger partial charge >= 0.3 is 0 Å². The monoisotopic (exact) mass is 267 g/mol. The maximum atomic E-state index is 11.0. The number of hydrogen-bond acceptors (Lipinski definition) is 3. The Labute approximate surface area is 117 Å². The number of nitrogens with zero attached hydrogens (tertiary/aromatic N) is 1. The topological polar surface area (TPSA) is 58.4 Å². The van der Waals surface area contributed by atoms with Crippen molar-refractivity contribution in [3.8, 4) is 0 Å². The molecule has 0 aromatic carbocycles. The number of hydrazine groups is 1. The zero-order valence-corrected chi connectivity index (χ0v) is 12.1. The lowest BCUT2D eigenvalue weighted by molar-refractivity contribution is -0.121. The van der Waals surface area contributed by atoms with Crippen molar-refractivity contribution in [2.45, 2.75) is 64.2 Å². The van der Waals surface area contributed by atoms with Gasteiger partial charge in [-0.25, -0.2) is 5.84 Å². The molecule has 1 saturated carbocycles. The van der Waals surface area contributed by atoms with Gasteiger partial charge in [0.25, 0.3) is 0 Å². The number of nitrogens with two attached hydrogens (primary N) is 1. The van der Waals surface area contributed by atoms with Gasteiger partial charge in [0.1, 0.15) is 0 Å². The fraction of sp³-hybridized carbons (Fsp3) is 0.933. The van der Waals surface area contributed by atoms with Gasteiger partial charge < -0.3 is 4.90 Å². The van der Waals surface area contributed by atoms with E-state index in [1.165, 1.54) is 64.6 Å². The van der Waals surface area contributed by atoms with Crippen LogP contribution in [-0.4, -0.2) is 30.4 Å². The van der Waals surface area contributed by atoms with Crippen LogP contribution in [0.5, 0.6) is 0 Å². The van der Waals surface area contributed by atoms with Gasteiger partial charge in [-0.1, -0.05) is 19.3 Å². The minimum Gasteiger partial charge on any atom is -0.303 e. The second kappa shape index (κ2) is 7.25. The van der Waals surface area contributed by atoms with E-state index in [9.17, 15) is 4.79 Å². The van der Waals surface area contributed by atoms with Crippen LogP contribution >= 0.6 is 0 Å². The Balaban J connectivity index is 1.52. The Morgan fingerprint density at radius 3 is 2.37 bits per heavy atom. The normalized spacial score (nSPS) is 22.8. The van der Waals surface area contributed by atoms with Crippen molar-refractivity contribution in [2.75, 3.05) is 19.6 Å². The number of amides is 1. The minimum absolute atomic E-state index is 0.0406. The predicted molar refractivity (Wildman–Crippen MR) is 77.4 cm³/mol. The lowest BCUT2D eigenvalue weighted by Crippen LogP contribution is -2.39. The summed E-state index contributed by atoms with van der Waals surface area (Å²) in [7, 11) is 0. The smallest absolute Gasteiger partial charge is 0.233 e. The molecule has 2 fully saturated rings. The number of rotatable bonds is 6. The molecule has 0 aromatic rings. The molecular formula is C15H29N3O. The Morgan fingerprint density at radius 1 is 1.05 bits per heavy atom. The van der Waals surface area contributed by atoms with E-state index >= 15 is 0 Å². The maximum Gasteiger partial charge on any atom is 0.233 e. The predicted octanol–water partition coefficient (Wildman–Crippen LogP) is 2.19. The summed E-state index contributed by atoms with van der Waals surface area (Å²) in [5, 5.41) is 0. The van der Waals surface area contributed by atoms with Gasteiger partial charge in [-0.3, -0.25) is 10.2 Å². The highest BCUT2D eigenvalue weighted by Gasteiger charge is 2.36. The van der Waals surface area contributed by atoms with Crippen LogP contribution in [0.15, 0.2) is 0 Å². The van der Waals surface area contributed by atoms with Crippen molar-refractivity contribution in [1.29, 1.82) is 0 Å². The average molecular weight is 267 g/mol. The average Bonchev–Trinajstić information content (AvgIpc) is 2.89. The second-order valence-electron chi connectivity index (χ2n) is 6.43. The Kier molecular flexibility index (Phi) is 5.64. The van der Waals surface area contributed by atoms with Crippen molar-refractivity contribution in [1.82, 2.24) is 10.3 Å². The SMILES string of the molecule is NNC(=O)CCCCCN1CCC2(CCCC2)CC1. The first-order valence-electron chi connectivity index (χ1n) is 7.96. The van der Waals surface area contributed by atoms with Crippen molar-refractivity contribution < 1.29 is 4.79 Å². The highest BCUT2D eigenvalue weighted by Crippen LogP contribution is 2.46. The number of nitrogens with one attached hydrogen (secondary N) is 1. The van der Waals surface area contributed by atoms with E-state index in [1.807, 2.05) is 0 Å². The van der Waals surface area contributed by atoms with Crippen molar-refractivity contribution >= 4 is 5.91 Å². The molecule has 110 valence electrons. The summed E-state index contributed by atoms with van der Waals surface area (Å²) in [6.07, 6.45) is 12.6. The van der Waals surface area contributed by atoms with E-state index in [0.717, 1.165) is 18.3 Å². The molecule has 0 aromatic heterocycles. The van der Waals surface area contributed by atoms with Crippen LogP contribution in [0.1, 0.15) is 64.2 Å². The van der Waals surface area contributed by atoms with Crippen LogP contribution in [0.2, 0.25) is 0 Å². The highest BCUT2D eigenvalue weighted by molar-refractivity contribution is 5.74. The first-order chi connectivity index (χ1) is 9.24. The van der Waals surface area contributed by atoms with Gasteiger partial charge in [0.05, 0.1) is 0 Å². The molecule has 4 nitrogen and oxygen atoms in total. The first-order valence-corrected chi connectivity index (χ1v) is 7.96. The minimum atomic E-state index is -0.0406. The van der Waals surface area contributed by atoms with Crippen LogP contribution in [0.3, 0.4) is 0 Å². The summed E-state index contributed by atoms with van der Waals surface area (Å²) in [6.45, 7) is 3.80. The Morgan fingerprint density at radius 2 is 1.74 bits per heavy atom. The summed E-state index contributed by atoms with van der Waals surface area (Å²) in [4.78, 5) is 13.6. The maximum absolute atomic E-state index is 11.0. The number of carbonyl (C=O) groups is 1. The third-order valence-electron chi connectivity index (χ3n) is 5.12. The second-order valence-corrected chi connectivity index (χ2v) is 6.43. The van der Waals surface area contributed by atoms with E-state index in [4.69, 9.17) is 5.84 Å². The molecule has 0 unspecified atom stereocenters. The molecule has 1 spiro atoms. The number of carbonyl (C=O) groups excluding carboxylic acids is 1. The van der Waals surface area contributed by atoms with E-state index < -0.39 is 0 Å². The van der Waals surface area contributed by atoms with E-state index in [0.29, 0.717) is 6.42 Å². The summed E-state index contributed by atoms with van der Waals surface area (Å²) in [5.41, 5.74) is 2.92. The molecule has 0 atom stereocenters. The van der Waals surface area contributed by atoms with Crippen LogP contribution < -0.4 is 11.3 Å². The lowest BCUT2D eigenvalue weighted by Gasteiger charge is -2.39. The zero-order chi connectivity index (χ0) is 13.6. The quantitative estimate of drug-likeness (QED) is 0.336. The van der Waals surface area contributed by atoms with E-state index in [-0.39, 0.29) is 5.91 Å².